The first-order chi connectivity index (χ1) is 4.36. The first kappa shape index (κ1) is 6.55. The molecule has 0 aromatic rings. The van der Waals surface area contributed by atoms with Crippen molar-refractivity contribution in [1.82, 2.24) is 4.90 Å². The summed E-state index contributed by atoms with van der Waals surface area (Å²) < 4.78 is 5.04. The zero-order chi connectivity index (χ0) is 6.69. The van der Waals surface area contributed by atoms with Gasteiger partial charge in [0.2, 0.25) is 6.41 Å². The number of hydrogen-bond donors (Lipinski definition) is 0. The molecule has 0 spiro atoms. The molecular weight excluding hydrogens is 118 g/mol. The SMILES string of the molecule is CO[C@H]1CCN(C=O)C1. The largest absolute Gasteiger partial charge is 0.380 e. The maximum atomic E-state index is 10.1. The fourth-order valence-electron chi connectivity index (χ4n) is 1.04. The molecule has 52 valence electrons. The Balaban J connectivity index is 2.28. The van der Waals surface area contributed by atoms with E-state index in [0.717, 1.165) is 25.9 Å². The molecule has 1 heterocycles. The topological polar surface area (TPSA) is 29.5 Å². The number of carbonyl (C=O) groups excluding carboxylic acids is 1. The average molecular weight is 129 g/mol. The van der Waals surface area contributed by atoms with E-state index in [1.165, 1.54) is 0 Å². The van der Waals surface area contributed by atoms with Gasteiger partial charge in [0.05, 0.1) is 6.10 Å². The van der Waals surface area contributed by atoms with Crippen LogP contribution in [0.25, 0.3) is 0 Å². The van der Waals surface area contributed by atoms with Gasteiger partial charge < -0.3 is 9.64 Å². The third kappa shape index (κ3) is 1.42. The molecule has 1 saturated heterocycles. The monoisotopic (exact) mass is 129 g/mol. The van der Waals surface area contributed by atoms with Gasteiger partial charge in [-0.25, -0.2) is 0 Å². The summed E-state index contributed by atoms with van der Waals surface area (Å²) in [6.07, 6.45) is 2.13. The minimum atomic E-state index is 0.273. The first-order valence-electron chi connectivity index (χ1n) is 3.09. The van der Waals surface area contributed by atoms with Crippen molar-refractivity contribution in [3.63, 3.8) is 0 Å². The quantitative estimate of drug-likeness (QED) is 0.486. The van der Waals surface area contributed by atoms with Crippen LogP contribution in [-0.2, 0) is 9.53 Å². The number of carbonyl (C=O) groups is 1. The molecule has 3 nitrogen and oxygen atoms in total. The second-order valence-corrected chi connectivity index (χ2v) is 2.25. The third-order valence-corrected chi connectivity index (χ3v) is 1.66. The summed E-state index contributed by atoms with van der Waals surface area (Å²) in [6.45, 7) is 1.61. The van der Waals surface area contributed by atoms with Gasteiger partial charge in [-0.1, -0.05) is 0 Å². The van der Waals surface area contributed by atoms with Gasteiger partial charge in [0.15, 0.2) is 0 Å². The second kappa shape index (κ2) is 2.82. The van der Waals surface area contributed by atoms with Gasteiger partial charge in [-0.15, -0.1) is 0 Å². The Labute approximate surface area is 54.6 Å². The minimum absolute atomic E-state index is 0.273. The van der Waals surface area contributed by atoms with Crippen LogP contribution >= 0.6 is 0 Å². The Kier molecular flexibility index (Phi) is 2.05. The van der Waals surface area contributed by atoms with Crippen molar-refractivity contribution in [2.75, 3.05) is 20.2 Å². The van der Waals surface area contributed by atoms with E-state index in [4.69, 9.17) is 4.74 Å². The lowest BCUT2D eigenvalue weighted by Gasteiger charge is -2.07. The van der Waals surface area contributed by atoms with E-state index in [-0.39, 0.29) is 6.10 Å². The van der Waals surface area contributed by atoms with Gasteiger partial charge in [0.1, 0.15) is 0 Å². The molecule has 0 unspecified atom stereocenters. The highest BCUT2D eigenvalue weighted by Gasteiger charge is 2.19. The molecule has 0 aromatic carbocycles. The van der Waals surface area contributed by atoms with Gasteiger partial charge in [-0.2, -0.15) is 0 Å². The summed E-state index contributed by atoms with van der Waals surface area (Å²) in [6, 6.07) is 0. The Hall–Kier alpha value is -0.570. The number of rotatable bonds is 2. The third-order valence-electron chi connectivity index (χ3n) is 1.66. The highest BCUT2D eigenvalue weighted by molar-refractivity contribution is 5.47. The number of amides is 1. The van der Waals surface area contributed by atoms with Crippen LogP contribution in [0.1, 0.15) is 6.42 Å². The van der Waals surface area contributed by atoms with Gasteiger partial charge in [-0.05, 0) is 6.42 Å². The molecule has 1 rings (SSSR count). The van der Waals surface area contributed by atoms with Gasteiger partial charge in [0, 0.05) is 20.2 Å². The van der Waals surface area contributed by atoms with Gasteiger partial charge in [-0.3, -0.25) is 4.79 Å². The van der Waals surface area contributed by atoms with E-state index in [9.17, 15) is 4.79 Å². The molecule has 0 radical (unpaired) electrons. The fourth-order valence-corrected chi connectivity index (χ4v) is 1.04. The Morgan fingerprint density at radius 3 is 2.89 bits per heavy atom. The number of hydrogen-bond acceptors (Lipinski definition) is 2. The van der Waals surface area contributed by atoms with Crippen LogP contribution in [-0.4, -0.2) is 37.6 Å². The molecule has 0 aromatic heterocycles. The highest BCUT2D eigenvalue weighted by Crippen LogP contribution is 2.08. The summed E-state index contributed by atoms with van der Waals surface area (Å²) in [5.74, 6) is 0. The van der Waals surface area contributed by atoms with E-state index in [1.807, 2.05) is 0 Å². The zero-order valence-electron chi connectivity index (χ0n) is 5.54. The number of likely N-dealkylation sites (tertiary alicyclic amines) is 1. The summed E-state index contributed by atoms with van der Waals surface area (Å²) in [4.78, 5) is 11.9. The molecule has 1 amide bonds. The lowest BCUT2D eigenvalue weighted by Crippen LogP contribution is -2.20. The van der Waals surface area contributed by atoms with Crippen molar-refractivity contribution in [2.24, 2.45) is 0 Å². The maximum absolute atomic E-state index is 10.1. The fraction of sp³-hybridized carbons (Fsp3) is 0.833. The van der Waals surface area contributed by atoms with Crippen molar-refractivity contribution >= 4 is 6.41 Å². The van der Waals surface area contributed by atoms with Crippen molar-refractivity contribution in [1.29, 1.82) is 0 Å². The molecule has 9 heavy (non-hydrogen) atoms. The van der Waals surface area contributed by atoms with Crippen molar-refractivity contribution in [2.45, 2.75) is 12.5 Å². The summed E-state index contributed by atoms with van der Waals surface area (Å²) >= 11 is 0. The Morgan fingerprint density at radius 1 is 1.78 bits per heavy atom. The molecule has 3 heteroatoms. The number of nitrogens with zero attached hydrogens (tertiary/aromatic N) is 1. The first-order valence-corrected chi connectivity index (χ1v) is 3.09. The van der Waals surface area contributed by atoms with Crippen LogP contribution in [0.5, 0.6) is 0 Å². The van der Waals surface area contributed by atoms with E-state index in [1.54, 1.807) is 12.0 Å². The van der Waals surface area contributed by atoms with Crippen LogP contribution in [0.2, 0.25) is 0 Å². The predicted molar refractivity (Wildman–Crippen MR) is 33.1 cm³/mol. The molecule has 1 aliphatic heterocycles. The second-order valence-electron chi connectivity index (χ2n) is 2.25. The van der Waals surface area contributed by atoms with Crippen LogP contribution in [0.4, 0.5) is 0 Å². The molecular formula is C6H11NO2. The zero-order valence-corrected chi connectivity index (χ0v) is 5.54. The summed E-state index contributed by atoms with van der Waals surface area (Å²) in [7, 11) is 1.68. The molecule has 0 N–H and O–H groups in total. The molecule has 1 atom stereocenters. The van der Waals surface area contributed by atoms with Crippen LogP contribution in [0, 0.1) is 0 Å². The summed E-state index contributed by atoms with van der Waals surface area (Å²) in [5, 5.41) is 0. The predicted octanol–water partition coefficient (Wildman–Crippen LogP) is -0.137. The van der Waals surface area contributed by atoms with E-state index < -0.39 is 0 Å². The Bertz CT molecular complexity index is 105. The lowest BCUT2D eigenvalue weighted by molar-refractivity contribution is -0.117. The van der Waals surface area contributed by atoms with Crippen LogP contribution in [0.15, 0.2) is 0 Å². The number of methoxy groups -OCH3 is 1. The summed E-state index contributed by atoms with van der Waals surface area (Å²) in [5.41, 5.74) is 0. The molecule has 1 fully saturated rings. The molecule has 0 saturated carbocycles. The van der Waals surface area contributed by atoms with Gasteiger partial charge in [0.25, 0.3) is 0 Å². The molecule has 1 aliphatic rings. The van der Waals surface area contributed by atoms with Crippen LogP contribution < -0.4 is 0 Å². The van der Waals surface area contributed by atoms with E-state index in [2.05, 4.69) is 0 Å². The average Bonchev–Trinajstić information content (AvgIpc) is 2.34. The highest BCUT2D eigenvalue weighted by atomic mass is 16.5. The van der Waals surface area contributed by atoms with E-state index in [0.29, 0.717) is 0 Å². The normalized spacial score (nSPS) is 26.8. The van der Waals surface area contributed by atoms with E-state index >= 15 is 0 Å². The maximum Gasteiger partial charge on any atom is 0.209 e. The Morgan fingerprint density at radius 2 is 2.56 bits per heavy atom. The van der Waals surface area contributed by atoms with Crippen molar-refractivity contribution in [3.8, 4) is 0 Å². The standard InChI is InChI=1S/C6H11NO2/c1-9-6-2-3-7(4-6)5-8/h5-6H,2-4H2,1H3/t6-/m0/s1. The molecule has 0 bridgehead atoms. The van der Waals surface area contributed by atoms with Crippen LogP contribution in [0.3, 0.4) is 0 Å². The molecule has 0 aliphatic carbocycles. The van der Waals surface area contributed by atoms with Crippen molar-refractivity contribution in [3.05, 3.63) is 0 Å². The number of ether oxygens (including phenoxy) is 1. The van der Waals surface area contributed by atoms with Crippen molar-refractivity contribution < 1.29 is 9.53 Å². The lowest BCUT2D eigenvalue weighted by atomic mass is 10.3. The smallest absolute Gasteiger partial charge is 0.209 e. The van der Waals surface area contributed by atoms with Gasteiger partial charge >= 0.3 is 0 Å². The minimum Gasteiger partial charge on any atom is -0.380 e.